The quantitative estimate of drug-likeness (QED) is 0.404. The highest BCUT2D eigenvalue weighted by atomic mass is 79.9. The van der Waals surface area contributed by atoms with Gasteiger partial charge in [0, 0.05) is 42.3 Å². The maximum atomic E-state index is 13.0. The fourth-order valence-electron chi connectivity index (χ4n) is 3.21. The molecule has 2 amide bonds. The van der Waals surface area contributed by atoms with Crippen LogP contribution in [-0.2, 0) is 24.0 Å². The van der Waals surface area contributed by atoms with Gasteiger partial charge in [0.2, 0.25) is 0 Å². The number of hydrogen-bond acceptors (Lipinski definition) is 2. The highest BCUT2D eigenvalue weighted by Crippen LogP contribution is 2.29. The first-order valence-electron chi connectivity index (χ1n) is 9.87. The second kappa shape index (κ2) is 10.7. The molecule has 0 aliphatic carbocycles. The van der Waals surface area contributed by atoms with Gasteiger partial charge in [-0.25, -0.2) is 4.79 Å². The Hall–Kier alpha value is -2.78. The number of nitrogens with one attached hydrogen (secondary N) is 1. The number of anilines is 1. The number of carbonyl (C=O) groups excluding carboxylic acids is 1. The molecule has 2 aromatic carbocycles. The molecule has 1 aromatic heterocycles. The van der Waals surface area contributed by atoms with Gasteiger partial charge >= 0.3 is 12.2 Å². The number of ether oxygens (including phenoxy) is 1. The van der Waals surface area contributed by atoms with Crippen molar-refractivity contribution in [1.82, 2.24) is 9.47 Å². The number of carbonyl (C=O) groups is 1. The second-order valence-electron chi connectivity index (χ2n) is 7.18. The maximum absolute atomic E-state index is 13.0. The van der Waals surface area contributed by atoms with Gasteiger partial charge in [-0.15, -0.1) is 0 Å². The fraction of sp³-hybridized carbons (Fsp3) is 0.261. The van der Waals surface area contributed by atoms with Crippen molar-refractivity contribution < 1.29 is 22.7 Å². The monoisotopic (exact) mass is 509 g/mol. The van der Waals surface area contributed by atoms with E-state index >= 15 is 0 Å². The molecule has 3 aromatic rings. The van der Waals surface area contributed by atoms with Crippen molar-refractivity contribution in [3.8, 4) is 0 Å². The topological polar surface area (TPSA) is 46.5 Å². The van der Waals surface area contributed by atoms with Crippen LogP contribution in [0.15, 0.2) is 71.3 Å². The van der Waals surface area contributed by atoms with Crippen LogP contribution < -0.4 is 5.32 Å². The number of hydrogen-bond donors (Lipinski definition) is 1. The third kappa shape index (κ3) is 6.61. The minimum Gasteiger partial charge on any atom is -0.383 e. The van der Waals surface area contributed by atoms with Gasteiger partial charge in [0.1, 0.15) is 0 Å². The number of benzene rings is 2. The minimum absolute atomic E-state index is 0.262. The van der Waals surface area contributed by atoms with Crippen LogP contribution in [-0.4, -0.2) is 35.8 Å². The van der Waals surface area contributed by atoms with Gasteiger partial charge in [-0.2, -0.15) is 13.2 Å². The van der Waals surface area contributed by atoms with Crippen LogP contribution in [0.25, 0.3) is 0 Å². The molecule has 0 unspecified atom stereocenters. The molecular weight excluding hydrogens is 487 g/mol. The molecule has 9 heteroatoms. The highest BCUT2D eigenvalue weighted by Gasteiger charge is 2.30. The average Bonchev–Trinajstić information content (AvgIpc) is 3.17. The molecule has 0 aliphatic heterocycles. The number of nitrogens with zero attached hydrogens (tertiary/aromatic N) is 2. The van der Waals surface area contributed by atoms with Crippen LogP contribution in [0.4, 0.5) is 23.7 Å². The van der Waals surface area contributed by atoms with E-state index in [9.17, 15) is 18.0 Å². The number of urea groups is 1. The number of amides is 2. The number of methoxy groups -OCH3 is 1. The van der Waals surface area contributed by atoms with E-state index in [-0.39, 0.29) is 19.1 Å². The molecule has 0 atom stereocenters. The lowest BCUT2D eigenvalue weighted by molar-refractivity contribution is -0.137. The lowest BCUT2D eigenvalue weighted by Gasteiger charge is -2.24. The summed E-state index contributed by atoms with van der Waals surface area (Å²) in [6.45, 7) is 1.23. The van der Waals surface area contributed by atoms with Crippen LogP contribution in [0.3, 0.4) is 0 Å². The van der Waals surface area contributed by atoms with Crippen molar-refractivity contribution in [3.05, 3.63) is 88.2 Å². The zero-order valence-corrected chi connectivity index (χ0v) is 19.0. The molecular formula is C23H23BrF3N3O2. The molecule has 0 fully saturated rings. The molecule has 1 heterocycles. The smallest absolute Gasteiger partial charge is 0.383 e. The average molecular weight is 510 g/mol. The third-order valence-corrected chi connectivity index (χ3v) is 5.31. The zero-order chi connectivity index (χ0) is 23.1. The van der Waals surface area contributed by atoms with E-state index in [1.165, 1.54) is 6.07 Å². The van der Waals surface area contributed by atoms with Crippen LogP contribution >= 0.6 is 15.9 Å². The van der Waals surface area contributed by atoms with Crippen LogP contribution in [0.1, 0.15) is 16.8 Å². The Balaban J connectivity index is 1.75. The summed E-state index contributed by atoms with van der Waals surface area (Å²) in [4.78, 5) is 14.5. The maximum Gasteiger partial charge on any atom is 0.416 e. The molecule has 170 valence electrons. The van der Waals surface area contributed by atoms with E-state index in [0.717, 1.165) is 22.3 Å². The molecule has 0 saturated carbocycles. The number of aromatic nitrogens is 1. The van der Waals surface area contributed by atoms with Crippen molar-refractivity contribution in [3.63, 3.8) is 0 Å². The van der Waals surface area contributed by atoms with E-state index in [4.69, 9.17) is 4.74 Å². The molecule has 0 saturated heterocycles. The van der Waals surface area contributed by atoms with Gasteiger partial charge in [0.05, 0.1) is 18.7 Å². The van der Waals surface area contributed by atoms with Crippen molar-refractivity contribution in [2.45, 2.75) is 19.3 Å². The summed E-state index contributed by atoms with van der Waals surface area (Å²) in [6, 6.07) is 15.9. The summed E-state index contributed by atoms with van der Waals surface area (Å²) in [5.74, 6) is 0. The first-order chi connectivity index (χ1) is 15.3. The van der Waals surface area contributed by atoms with E-state index in [2.05, 4.69) is 21.2 Å². The Bertz CT molecular complexity index is 1050. The van der Waals surface area contributed by atoms with Crippen molar-refractivity contribution in [2.24, 2.45) is 0 Å². The Morgan fingerprint density at radius 3 is 2.62 bits per heavy atom. The standard InChI is InChI=1S/C23H23BrF3N3O2/c1-32-12-11-30(22(31)28-20-8-3-7-19(24)14-20)16-21-9-4-10-29(21)15-17-5-2-6-18(13-17)23(25,26)27/h2-10,13-14H,11-12,15-16H2,1H3,(H,28,31). The summed E-state index contributed by atoms with van der Waals surface area (Å²) in [5, 5.41) is 2.86. The molecule has 0 radical (unpaired) electrons. The highest BCUT2D eigenvalue weighted by molar-refractivity contribution is 9.10. The molecule has 0 spiro atoms. The summed E-state index contributed by atoms with van der Waals surface area (Å²) in [5.41, 5.74) is 1.28. The molecule has 1 N–H and O–H groups in total. The minimum atomic E-state index is -4.39. The summed E-state index contributed by atoms with van der Waals surface area (Å²) in [7, 11) is 1.56. The van der Waals surface area contributed by atoms with Gasteiger partial charge in [-0.3, -0.25) is 0 Å². The van der Waals surface area contributed by atoms with Crippen molar-refractivity contribution in [2.75, 3.05) is 25.6 Å². The molecule has 0 bridgehead atoms. The predicted octanol–water partition coefficient (Wildman–Crippen LogP) is 6.00. The van der Waals surface area contributed by atoms with Crippen LogP contribution in [0, 0.1) is 0 Å². The second-order valence-corrected chi connectivity index (χ2v) is 8.10. The summed E-state index contributed by atoms with van der Waals surface area (Å²) >= 11 is 3.38. The molecule has 3 rings (SSSR count). The van der Waals surface area contributed by atoms with Crippen molar-refractivity contribution in [1.29, 1.82) is 0 Å². The van der Waals surface area contributed by atoms with Gasteiger partial charge in [-0.05, 0) is 48.0 Å². The van der Waals surface area contributed by atoms with E-state index in [1.54, 1.807) is 36.4 Å². The lowest BCUT2D eigenvalue weighted by atomic mass is 10.1. The lowest BCUT2D eigenvalue weighted by Crippen LogP contribution is -2.37. The van der Waals surface area contributed by atoms with Crippen LogP contribution in [0.2, 0.25) is 0 Å². The van der Waals surface area contributed by atoms with Gasteiger partial charge in [-0.1, -0.05) is 34.1 Å². The Kier molecular flexibility index (Phi) is 7.98. The predicted molar refractivity (Wildman–Crippen MR) is 120 cm³/mol. The van der Waals surface area contributed by atoms with Gasteiger partial charge in [0.25, 0.3) is 0 Å². The normalized spacial score (nSPS) is 11.4. The Morgan fingerprint density at radius 2 is 1.91 bits per heavy atom. The van der Waals surface area contributed by atoms with E-state index in [0.29, 0.717) is 24.4 Å². The fourth-order valence-corrected chi connectivity index (χ4v) is 3.61. The van der Waals surface area contributed by atoms with Gasteiger partial charge < -0.3 is 19.5 Å². The van der Waals surface area contributed by atoms with Crippen molar-refractivity contribution >= 4 is 27.6 Å². The van der Waals surface area contributed by atoms with E-state index < -0.39 is 11.7 Å². The third-order valence-electron chi connectivity index (χ3n) is 4.81. The summed E-state index contributed by atoms with van der Waals surface area (Å²) < 4.78 is 46.9. The molecule has 32 heavy (non-hydrogen) atoms. The first kappa shape index (κ1) is 23.9. The summed E-state index contributed by atoms with van der Waals surface area (Å²) in [6.07, 6.45) is -2.60. The molecule has 5 nitrogen and oxygen atoms in total. The van der Waals surface area contributed by atoms with E-state index in [1.807, 2.05) is 28.8 Å². The van der Waals surface area contributed by atoms with Crippen LogP contribution in [0.5, 0.6) is 0 Å². The largest absolute Gasteiger partial charge is 0.416 e. The number of alkyl halides is 3. The SMILES string of the molecule is COCCN(Cc1cccn1Cc1cccc(C(F)(F)F)c1)C(=O)Nc1cccc(Br)c1. The number of halogens is 4. The molecule has 0 aliphatic rings. The zero-order valence-electron chi connectivity index (χ0n) is 17.4. The van der Waals surface area contributed by atoms with Gasteiger partial charge in [0.15, 0.2) is 0 Å². The first-order valence-corrected chi connectivity index (χ1v) is 10.7. The Labute approximate surface area is 192 Å². The number of rotatable bonds is 8. The Morgan fingerprint density at radius 1 is 1.12 bits per heavy atom.